The molecule has 3 heterocycles. The van der Waals surface area contributed by atoms with Crippen LogP contribution in [-0.4, -0.2) is 29.5 Å². The van der Waals surface area contributed by atoms with Crippen LogP contribution in [0.1, 0.15) is 11.8 Å². The second kappa shape index (κ2) is 7.86. The average Bonchev–Trinajstić information content (AvgIpc) is 3.40. The fourth-order valence-corrected chi connectivity index (χ4v) is 3.62. The summed E-state index contributed by atoms with van der Waals surface area (Å²) in [6, 6.07) is 16.9. The van der Waals surface area contributed by atoms with Crippen LogP contribution in [0.5, 0.6) is 0 Å². The monoisotopic (exact) mass is 430 g/mol. The molecule has 0 radical (unpaired) electrons. The van der Waals surface area contributed by atoms with E-state index in [4.69, 9.17) is 11.6 Å². The van der Waals surface area contributed by atoms with Crippen molar-refractivity contribution in [3.8, 4) is 22.4 Å². The van der Waals surface area contributed by atoms with Gasteiger partial charge in [0.25, 0.3) is 0 Å². The molecule has 1 unspecified atom stereocenters. The summed E-state index contributed by atoms with van der Waals surface area (Å²) in [6.45, 7) is 0. The fraction of sp³-hybridized carbons (Fsp3) is 0.0870. The number of fused-ring (bicyclic) bond motifs is 1. The third-order valence-corrected chi connectivity index (χ3v) is 5.34. The summed E-state index contributed by atoms with van der Waals surface area (Å²) in [4.78, 5) is 4.50. The molecule has 0 spiro atoms. The van der Waals surface area contributed by atoms with Gasteiger partial charge in [0, 0.05) is 52.4 Å². The van der Waals surface area contributed by atoms with Crippen molar-refractivity contribution in [2.24, 2.45) is 7.05 Å². The number of nitrogens with one attached hydrogen (secondary N) is 1. The lowest BCUT2D eigenvalue weighted by molar-refractivity contribution is 0.208. The van der Waals surface area contributed by atoms with Crippen LogP contribution in [0.25, 0.3) is 27.9 Å². The van der Waals surface area contributed by atoms with E-state index in [1.54, 1.807) is 35.3 Å². The molecule has 2 aromatic carbocycles. The molecular formula is C23H19ClN6O. The van der Waals surface area contributed by atoms with E-state index < -0.39 is 6.23 Å². The molecule has 0 aliphatic rings. The highest BCUT2D eigenvalue weighted by molar-refractivity contribution is 6.30. The van der Waals surface area contributed by atoms with Crippen molar-refractivity contribution in [3.05, 3.63) is 90.1 Å². The second-order valence-electron chi connectivity index (χ2n) is 7.25. The number of aromatic nitrogens is 5. The van der Waals surface area contributed by atoms with Gasteiger partial charge in [-0.05, 0) is 30.3 Å². The van der Waals surface area contributed by atoms with E-state index in [-0.39, 0.29) is 0 Å². The molecule has 0 fully saturated rings. The number of aryl methyl sites for hydroxylation is 1. The van der Waals surface area contributed by atoms with Crippen molar-refractivity contribution < 1.29 is 5.11 Å². The standard InChI is InChI=1S/C23H19ClN6O/c1-29-12-18(11-26-29)17-10-21-22(25-14-27-30(21)13-17)15-4-8-20(9-5-15)28-23(31)16-2-6-19(24)7-3-16/h2-14,23,28,31H,1H3. The van der Waals surface area contributed by atoms with Gasteiger partial charge in [0.15, 0.2) is 6.23 Å². The summed E-state index contributed by atoms with van der Waals surface area (Å²) in [7, 11) is 1.89. The second-order valence-corrected chi connectivity index (χ2v) is 7.68. The molecular weight excluding hydrogens is 412 g/mol. The minimum atomic E-state index is -0.832. The highest BCUT2D eigenvalue weighted by Crippen LogP contribution is 2.29. The number of nitrogens with zero attached hydrogens (tertiary/aromatic N) is 5. The molecule has 0 aliphatic carbocycles. The van der Waals surface area contributed by atoms with E-state index in [1.165, 1.54) is 0 Å². The zero-order valence-corrected chi connectivity index (χ0v) is 17.4. The van der Waals surface area contributed by atoms with E-state index in [1.807, 2.05) is 54.4 Å². The van der Waals surface area contributed by atoms with Crippen LogP contribution in [0.15, 0.2) is 79.5 Å². The fourth-order valence-electron chi connectivity index (χ4n) is 3.49. The molecule has 0 saturated heterocycles. The maximum absolute atomic E-state index is 10.4. The molecule has 0 amide bonds. The summed E-state index contributed by atoms with van der Waals surface area (Å²) in [6.07, 6.45) is 6.48. The van der Waals surface area contributed by atoms with Crippen molar-refractivity contribution >= 4 is 22.8 Å². The lowest BCUT2D eigenvalue weighted by atomic mass is 10.1. The Balaban J connectivity index is 1.41. The highest BCUT2D eigenvalue weighted by Gasteiger charge is 2.12. The first kappa shape index (κ1) is 19.3. The summed E-state index contributed by atoms with van der Waals surface area (Å²) in [5.41, 5.74) is 6.27. The first-order valence-electron chi connectivity index (χ1n) is 9.70. The largest absolute Gasteiger partial charge is 0.369 e. The van der Waals surface area contributed by atoms with E-state index in [0.29, 0.717) is 5.02 Å². The van der Waals surface area contributed by atoms with Crippen LogP contribution in [-0.2, 0) is 7.05 Å². The topological polar surface area (TPSA) is 80.3 Å². The molecule has 8 heteroatoms. The van der Waals surface area contributed by atoms with Crippen LogP contribution in [0.3, 0.4) is 0 Å². The number of benzene rings is 2. The average molecular weight is 431 g/mol. The van der Waals surface area contributed by atoms with Gasteiger partial charge in [-0.3, -0.25) is 4.68 Å². The van der Waals surface area contributed by atoms with Crippen molar-refractivity contribution in [1.29, 1.82) is 0 Å². The van der Waals surface area contributed by atoms with Crippen LogP contribution >= 0.6 is 11.6 Å². The smallest absolute Gasteiger partial charge is 0.150 e. The minimum Gasteiger partial charge on any atom is -0.369 e. The summed E-state index contributed by atoms with van der Waals surface area (Å²) in [5.74, 6) is 0. The van der Waals surface area contributed by atoms with Gasteiger partial charge in [0.05, 0.1) is 17.4 Å². The number of aliphatic hydroxyl groups excluding tert-OH is 1. The predicted molar refractivity (Wildman–Crippen MR) is 121 cm³/mol. The zero-order valence-electron chi connectivity index (χ0n) is 16.6. The molecule has 5 aromatic rings. The first-order chi connectivity index (χ1) is 15.1. The Bertz CT molecular complexity index is 1340. The van der Waals surface area contributed by atoms with E-state index in [2.05, 4.69) is 26.6 Å². The molecule has 0 saturated carbocycles. The lowest BCUT2D eigenvalue weighted by Crippen LogP contribution is -2.09. The summed E-state index contributed by atoms with van der Waals surface area (Å²) >= 11 is 5.91. The Morgan fingerprint density at radius 2 is 1.71 bits per heavy atom. The molecule has 0 bridgehead atoms. The molecule has 5 rings (SSSR count). The summed E-state index contributed by atoms with van der Waals surface area (Å²) in [5, 5.41) is 22.7. The third-order valence-electron chi connectivity index (χ3n) is 5.09. The number of hydrogen-bond donors (Lipinski definition) is 2. The van der Waals surface area contributed by atoms with Crippen LogP contribution in [0.2, 0.25) is 5.02 Å². The quantitative estimate of drug-likeness (QED) is 0.400. The van der Waals surface area contributed by atoms with Crippen molar-refractivity contribution in [1.82, 2.24) is 24.4 Å². The van der Waals surface area contributed by atoms with Crippen LogP contribution in [0.4, 0.5) is 5.69 Å². The Morgan fingerprint density at radius 3 is 2.42 bits per heavy atom. The Labute approximate surface area is 183 Å². The van der Waals surface area contributed by atoms with Gasteiger partial charge < -0.3 is 10.4 Å². The molecule has 154 valence electrons. The van der Waals surface area contributed by atoms with Crippen molar-refractivity contribution in [3.63, 3.8) is 0 Å². The lowest BCUT2D eigenvalue weighted by Gasteiger charge is -2.15. The van der Waals surface area contributed by atoms with Crippen molar-refractivity contribution in [2.45, 2.75) is 6.23 Å². The number of hydrogen-bond acceptors (Lipinski definition) is 5. The Morgan fingerprint density at radius 1 is 0.935 bits per heavy atom. The number of anilines is 1. The predicted octanol–water partition coefficient (Wildman–Crippen LogP) is 4.55. The molecule has 7 nitrogen and oxygen atoms in total. The van der Waals surface area contributed by atoms with Crippen molar-refractivity contribution in [2.75, 3.05) is 5.32 Å². The third kappa shape index (κ3) is 3.88. The normalized spacial score (nSPS) is 12.2. The SMILES string of the molecule is Cn1cc(-c2cc3c(-c4ccc(NC(O)c5ccc(Cl)cc5)cc4)ncnn3c2)cn1. The van der Waals surface area contributed by atoms with Gasteiger partial charge in [-0.1, -0.05) is 35.9 Å². The van der Waals surface area contributed by atoms with E-state index in [0.717, 1.165) is 39.2 Å². The first-order valence-corrected chi connectivity index (χ1v) is 10.1. The van der Waals surface area contributed by atoms with Crippen LogP contribution < -0.4 is 5.32 Å². The highest BCUT2D eigenvalue weighted by atomic mass is 35.5. The summed E-state index contributed by atoms with van der Waals surface area (Å²) < 4.78 is 3.59. The molecule has 3 aromatic heterocycles. The van der Waals surface area contributed by atoms with Gasteiger partial charge in [0.2, 0.25) is 0 Å². The number of halogens is 1. The van der Waals surface area contributed by atoms with E-state index >= 15 is 0 Å². The van der Waals surface area contributed by atoms with E-state index in [9.17, 15) is 5.11 Å². The van der Waals surface area contributed by atoms with Crippen LogP contribution in [0, 0.1) is 0 Å². The zero-order chi connectivity index (χ0) is 21.4. The van der Waals surface area contributed by atoms with Gasteiger partial charge in [0.1, 0.15) is 6.33 Å². The number of aliphatic hydroxyl groups is 1. The van der Waals surface area contributed by atoms with Gasteiger partial charge >= 0.3 is 0 Å². The molecule has 31 heavy (non-hydrogen) atoms. The van der Waals surface area contributed by atoms with Gasteiger partial charge in [-0.15, -0.1) is 0 Å². The minimum absolute atomic E-state index is 0.633. The van der Waals surface area contributed by atoms with Gasteiger partial charge in [-0.2, -0.15) is 10.2 Å². The molecule has 1 atom stereocenters. The molecule has 0 aliphatic heterocycles. The maximum atomic E-state index is 10.4. The maximum Gasteiger partial charge on any atom is 0.150 e. The number of rotatable bonds is 5. The Kier molecular flexibility index (Phi) is 4.89. The molecule has 2 N–H and O–H groups in total. The van der Waals surface area contributed by atoms with Gasteiger partial charge in [-0.25, -0.2) is 9.50 Å². The Hall–Kier alpha value is -3.68.